The molecule has 0 saturated heterocycles. The van der Waals surface area contributed by atoms with Crippen LogP contribution >= 0.6 is 11.6 Å². The van der Waals surface area contributed by atoms with Crippen molar-refractivity contribution >= 4 is 34.1 Å². The van der Waals surface area contributed by atoms with Crippen LogP contribution in [0.4, 0.5) is 5.69 Å². The molecule has 1 heterocycles. The lowest BCUT2D eigenvalue weighted by atomic mass is 10.1. The normalized spacial score (nSPS) is 10.8. The fourth-order valence-corrected chi connectivity index (χ4v) is 3.27. The van der Waals surface area contributed by atoms with Gasteiger partial charge in [-0.05, 0) is 44.5 Å². The van der Waals surface area contributed by atoms with Gasteiger partial charge in [0.1, 0.15) is 0 Å². The predicted molar refractivity (Wildman–Crippen MR) is 113 cm³/mol. The van der Waals surface area contributed by atoms with Crippen LogP contribution in [-0.2, 0) is 6.54 Å². The number of hydrogen-bond donors (Lipinski definition) is 1. The highest BCUT2D eigenvalue weighted by Gasteiger charge is 2.19. The minimum atomic E-state index is -0.0271. The summed E-state index contributed by atoms with van der Waals surface area (Å²) in [7, 11) is 0. The molecule has 0 radical (unpaired) electrons. The maximum Gasteiger partial charge on any atom is 0.257 e. The molecule has 27 heavy (non-hydrogen) atoms. The summed E-state index contributed by atoms with van der Waals surface area (Å²) in [6.07, 6.45) is 1.66. The highest BCUT2D eigenvalue weighted by molar-refractivity contribution is 6.31. The van der Waals surface area contributed by atoms with Gasteiger partial charge in [-0.25, -0.2) is 0 Å². The van der Waals surface area contributed by atoms with E-state index in [9.17, 15) is 4.79 Å². The summed E-state index contributed by atoms with van der Waals surface area (Å²) in [4.78, 5) is 19.3. The Hall–Kier alpha value is -2.59. The van der Waals surface area contributed by atoms with Gasteiger partial charge >= 0.3 is 0 Å². The number of anilines is 1. The van der Waals surface area contributed by atoms with Gasteiger partial charge in [0, 0.05) is 36.2 Å². The molecule has 1 amide bonds. The van der Waals surface area contributed by atoms with Crippen LogP contribution in [0.1, 0.15) is 35.3 Å². The van der Waals surface area contributed by atoms with Gasteiger partial charge in [0.25, 0.3) is 5.91 Å². The van der Waals surface area contributed by atoms with Crippen molar-refractivity contribution in [1.29, 1.82) is 0 Å². The molecule has 0 atom stereocenters. The molecule has 2 aromatic carbocycles. The number of carbonyl (C=O) groups excluding carboxylic acids is 1. The van der Waals surface area contributed by atoms with Crippen LogP contribution in [0, 0.1) is 6.92 Å². The van der Waals surface area contributed by atoms with E-state index in [0.29, 0.717) is 30.2 Å². The first kappa shape index (κ1) is 19.2. The van der Waals surface area contributed by atoms with Crippen LogP contribution in [0.5, 0.6) is 0 Å². The average molecular weight is 382 g/mol. The number of halogens is 1. The number of carbonyl (C=O) groups is 1. The molecule has 0 bridgehead atoms. The first-order chi connectivity index (χ1) is 13.0. The Balaban J connectivity index is 2.04. The molecule has 0 unspecified atom stereocenters. The molecule has 3 rings (SSSR count). The summed E-state index contributed by atoms with van der Waals surface area (Å²) in [6.45, 7) is 7.94. The third-order valence-electron chi connectivity index (χ3n) is 4.70. The lowest BCUT2D eigenvalue weighted by Gasteiger charge is -2.21. The van der Waals surface area contributed by atoms with E-state index in [-0.39, 0.29) is 5.91 Å². The Morgan fingerprint density at radius 3 is 2.48 bits per heavy atom. The van der Waals surface area contributed by atoms with E-state index in [2.05, 4.69) is 41.5 Å². The second kappa shape index (κ2) is 8.40. The van der Waals surface area contributed by atoms with Crippen LogP contribution < -0.4 is 5.32 Å². The first-order valence-corrected chi connectivity index (χ1v) is 9.58. The topological polar surface area (TPSA) is 45.2 Å². The number of benzene rings is 2. The van der Waals surface area contributed by atoms with Crippen molar-refractivity contribution in [3.63, 3.8) is 0 Å². The molecule has 0 aliphatic heterocycles. The largest absolute Gasteiger partial charge is 0.380 e. The molecular weight excluding hydrogens is 358 g/mol. The van der Waals surface area contributed by atoms with Crippen molar-refractivity contribution < 1.29 is 4.79 Å². The second-order valence-corrected chi connectivity index (χ2v) is 6.96. The number of aryl methyl sites for hydroxylation is 1. The molecular formula is C22H24ClN3O. The van der Waals surface area contributed by atoms with E-state index in [1.54, 1.807) is 11.1 Å². The SMILES string of the molecule is CCN(CC)C(=O)c1cnc2ccc(Cl)cc2c1NCc1ccc(C)cc1. The quantitative estimate of drug-likeness (QED) is 0.630. The Morgan fingerprint density at radius 1 is 1.11 bits per heavy atom. The Kier molecular flexibility index (Phi) is 5.97. The van der Waals surface area contributed by atoms with Gasteiger partial charge in [-0.3, -0.25) is 9.78 Å². The zero-order chi connectivity index (χ0) is 19.4. The summed E-state index contributed by atoms with van der Waals surface area (Å²) in [5.74, 6) is -0.0271. The number of rotatable bonds is 6. The van der Waals surface area contributed by atoms with E-state index < -0.39 is 0 Å². The van der Waals surface area contributed by atoms with Gasteiger partial charge in [-0.15, -0.1) is 0 Å². The lowest BCUT2D eigenvalue weighted by molar-refractivity contribution is 0.0773. The van der Waals surface area contributed by atoms with Gasteiger partial charge in [0.15, 0.2) is 0 Å². The molecule has 0 aliphatic carbocycles. The summed E-state index contributed by atoms with van der Waals surface area (Å²) in [5, 5.41) is 4.93. The van der Waals surface area contributed by atoms with Crippen LogP contribution in [-0.4, -0.2) is 28.9 Å². The fraction of sp³-hybridized carbons (Fsp3) is 0.273. The van der Waals surface area contributed by atoms with Gasteiger partial charge in [0.05, 0.1) is 16.8 Å². The molecule has 0 spiro atoms. The fourth-order valence-electron chi connectivity index (χ4n) is 3.09. The van der Waals surface area contributed by atoms with E-state index >= 15 is 0 Å². The monoisotopic (exact) mass is 381 g/mol. The summed E-state index contributed by atoms with van der Waals surface area (Å²) >= 11 is 6.22. The van der Waals surface area contributed by atoms with Gasteiger partial charge in [-0.2, -0.15) is 0 Å². The molecule has 140 valence electrons. The smallest absolute Gasteiger partial charge is 0.257 e. The number of nitrogens with one attached hydrogen (secondary N) is 1. The van der Waals surface area contributed by atoms with E-state index in [1.165, 1.54) is 5.56 Å². The van der Waals surface area contributed by atoms with Gasteiger partial charge in [-0.1, -0.05) is 41.4 Å². The zero-order valence-corrected chi connectivity index (χ0v) is 16.7. The van der Waals surface area contributed by atoms with Crippen molar-refractivity contribution in [2.45, 2.75) is 27.3 Å². The molecule has 1 N–H and O–H groups in total. The number of amides is 1. The number of aromatic nitrogens is 1. The standard InChI is InChI=1S/C22H24ClN3O/c1-4-26(5-2)22(27)19-14-24-20-11-10-17(23)12-18(20)21(19)25-13-16-8-6-15(3)7-9-16/h6-12,14H,4-5,13H2,1-3H3,(H,24,25). The maximum absolute atomic E-state index is 13.0. The summed E-state index contributed by atoms with van der Waals surface area (Å²) in [5.41, 5.74) is 4.52. The Morgan fingerprint density at radius 2 is 1.81 bits per heavy atom. The van der Waals surface area contributed by atoms with Crippen molar-refractivity contribution in [1.82, 2.24) is 9.88 Å². The third-order valence-corrected chi connectivity index (χ3v) is 4.94. The summed E-state index contributed by atoms with van der Waals surface area (Å²) < 4.78 is 0. The number of fused-ring (bicyclic) bond motifs is 1. The minimum absolute atomic E-state index is 0.0271. The highest BCUT2D eigenvalue weighted by atomic mass is 35.5. The molecule has 0 saturated carbocycles. The number of hydrogen-bond acceptors (Lipinski definition) is 3. The van der Waals surface area contributed by atoms with E-state index in [0.717, 1.165) is 22.2 Å². The van der Waals surface area contributed by atoms with Crippen LogP contribution in [0.25, 0.3) is 10.9 Å². The minimum Gasteiger partial charge on any atom is -0.380 e. The number of pyridine rings is 1. The van der Waals surface area contributed by atoms with E-state index in [1.807, 2.05) is 32.0 Å². The highest BCUT2D eigenvalue weighted by Crippen LogP contribution is 2.30. The van der Waals surface area contributed by atoms with Crippen molar-refractivity contribution in [3.8, 4) is 0 Å². The Labute approximate surface area is 165 Å². The van der Waals surface area contributed by atoms with Gasteiger partial charge < -0.3 is 10.2 Å². The summed E-state index contributed by atoms with van der Waals surface area (Å²) in [6, 6.07) is 13.9. The van der Waals surface area contributed by atoms with Crippen molar-refractivity contribution in [2.75, 3.05) is 18.4 Å². The molecule has 4 nitrogen and oxygen atoms in total. The van der Waals surface area contributed by atoms with Crippen LogP contribution in [0.2, 0.25) is 5.02 Å². The molecule has 5 heteroatoms. The Bertz CT molecular complexity index is 950. The predicted octanol–water partition coefficient (Wildman–Crippen LogP) is 5.29. The number of nitrogens with zero attached hydrogens (tertiary/aromatic N) is 2. The van der Waals surface area contributed by atoms with Gasteiger partial charge in [0.2, 0.25) is 0 Å². The maximum atomic E-state index is 13.0. The second-order valence-electron chi connectivity index (χ2n) is 6.52. The third kappa shape index (κ3) is 4.22. The lowest BCUT2D eigenvalue weighted by Crippen LogP contribution is -2.31. The van der Waals surface area contributed by atoms with Crippen molar-refractivity contribution in [3.05, 3.63) is 70.4 Å². The molecule has 0 fully saturated rings. The van der Waals surface area contributed by atoms with Crippen molar-refractivity contribution in [2.24, 2.45) is 0 Å². The molecule has 0 aliphatic rings. The molecule has 1 aromatic heterocycles. The van der Waals surface area contributed by atoms with E-state index in [4.69, 9.17) is 11.6 Å². The molecule has 3 aromatic rings. The first-order valence-electron chi connectivity index (χ1n) is 9.20. The van der Waals surface area contributed by atoms with Crippen LogP contribution in [0.15, 0.2) is 48.7 Å². The van der Waals surface area contributed by atoms with Crippen LogP contribution in [0.3, 0.4) is 0 Å². The zero-order valence-electron chi connectivity index (χ0n) is 15.9. The average Bonchev–Trinajstić information content (AvgIpc) is 2.68.